The molecule has 3 heterocycles. The fraction of sp³-hybridized carbons (Fsp3) is 0.0909. The van der Waals surface area contributed by atoms with Gasteiger partial charge in [0.15, 0.2) is 11.0 Å². The normalized spacial score (nSPS) is 11.8. The topological polar surface area (TPSA) is 93.4 Å². The molecule has 3 rings (SSSR count). The number of thiazole rings is 1. The maximum Gasteiger partial charge on any atom is 0.427 e. The summed E-state index contributed by atoms with van der Waals surface area (Å²) in [6.45, 7) is 0. The molecule has 0 atom stereocenters. The fourth-order valence-electron chi connectivity index (χ4n) is 1.70. The molecule has 0 aliphatic carbocycles. The van der Waals surface area contributed by atoms with Crippen LogP contribution in [0.5, 0.6) is 0 Å². The summed E-state index contributed by atoms with van der Waals surface area (Å²) in [5.74, 6) is -0.131. The summed E-state index contributed by atoms with van der Waals surface area (Å²) in [5, 5.41) is 6.18. The Labute approximate surface area is 119 Å². The Morgan fingerprint density at radius 3 is 2.71 bits per heavy atom. The Morgan fingerprint density at radius 2 is 2.05 bits per heavy atom. The lowest BCUT2D eigenvalue weighted by atomic mass is 10.2. The fourth-order valence-corrected chi connectivity index (χ4v) is 2.40. The summed E-state index contributed by atoms with van der Waals surface area (Å²) in [5.41, 5.74) is 6.09. The molecule has 21 heavy (non-hydrogen) atoms. The van der Waals surface area contributed by atoms with Gasteiger partial charge in [-0.15, -0.1) is 0 Å². The Balaban J connectivity index is 2.12. The van der Waals surface area contributed by atoms with Crippen LogP contribution in [0.4, 0.5) is 18.3 Å². The van der Waals surface area contributed by atoms with Crippen molar-refractivity contribution in [2.45, 2.75) is 6.18 Å². The number of rotatable bonds is 2. The van der Waals surface area contributed by atoms with E-state index in [1.165, 1.54) is 12.4 Å². The molecular weight excluding hydrogens is 305 g/mol. The molecule has 0 aliphatic heterocycles. The number of alkyl halides is 3. The van der Waals surface area contributed by atoms with Crippen LogP contribution >= 0.6 is 11.3 Å². The molecule has 0 aromatic carbocycles. The second kappa shape index (κ2) is 4.81. The highest BCUT2D eigenvalue weighted by atomic mass is 32.1. The minimum absolute atomic E-state index is 0.131. The first-order valence-corrected chi connectivity index (χ1v) is 6.43. The molecule has 0 fully saturated rings. The van der Waals surface area contributed by atoms with Crippen molar-refractivity contribution in [1.29, 1.82) is 0 Å². The lowest BCUT2D eigenvalue weighted by molar-refractivity contribution is -0.134. The molecule has 3 aromatic rings. The SMILES string of the molecule is Nc1nc(-c2nccc(-c3cn[nH]c3)n2)c(C(F)(F)F)s1. The average molecular weight is 312 g/mol. The number of anilines is 1. The van der Waals surface area contributed by atoms with Gasteiger partial charge in [0.25, 0.3) is 0 Å². The molecule has 3 aromatic heterocycles. The van der Waals surface area contributed by atoms with Crippen LogP contribution in [0, 0.1) is 0 Å². The van der Waals surface area contributed by atoms with E-state index < -0.39 is 11.1 Å². The Hall–Kier alpha value is -2.49. The van der Waals surface area contributed by atoms with E-state index in [0.717, 1.165) is 0 Å². The van der Waals surface area contributed by atoms with Crippen molar-refractivity contribution in [1.82, 2.24) is 25.1 Å². The predicted octanol–water partition coefficient (Wildman–Crippen LogP) is 2.59. The Morgan fingerprint density at radius 1 is 1.24 bits per heavy atom. The number of nitrogen functional groups attached to an aromatic ring is 1. The zero-order valence-electron chi connectivity index (χ0n) is 10.2. The van der Waals surface area contributed by atoms with E-state index in [4.69, 9.17) is 5.73 Å². The number of aromatic nitrogens is 5. The van der Waals surface area contributed by atoms with Gasteiger partial charge in [-0.05, 0) is 6.07 Å². The molecule has 0 spiro atoms. The van der Waals surface area contributed by atoms with Crippen molar-refractivity contribution in [2.75, 3.05) is 5.73 Å². The molecule has 6 nitrogen and oxygen atoms in total. The summed E-state index contributed by atoms with van der Waals surface area (Å²) in [7, 11) is 0. The molecule has 0 unspecified atom stereocenters. The lowest BCUT2D eigenvalue weighted by Crippen LogP contribution is -2.05. The Bertz CT molecular complexity index is 765. The smallest absolute Gasteiger partial charge is 0.375 e. The molecule has 0 amide bonds. The maximum atomic E-state index is 13.0. The standard InChI is InChI=1S/C11H7F3N6S/c12-11(13,14)8-7(20-10(15)21-8)9-16-2-1-6(19-9)5-3-17-18-4-5/h1-4H,(H2,15,20)(H,17,18). The second-order valence-electron chi connectivity index (χ2n) is 3.98. The van der Waals surface area contributed by atoms with Crippen LogP contribution in [0.1, 0.15) is 4.88 Å². The van der Waals surface area contributed by atoms with Crippen LogP contribution in [-0.4, -0.2) is 25.1 Å². The first-order chi connectivity index (χ1) is 9.95. The summed E-state index contributed by atoms with van der Waals surface area (Å²) < 4.78 is 38.9. The first kappa shape index (κ1) is 13.5. The van der Waals surface area contributed by atoms with Gasteiger partial charge in [0.1, 0.15) is 10.6 Å². The van der Waals surface area contributed by atoms with Gasteiger partial charge in [0.05, 0.1) is 11.9 Å². The van der Waals surface area contributed by atoms with Gasteiger partial charge in [-0.3, -0.25) is 5.10 Å². The van der Waals surface area contributed by atoms with E-state index in [1.807, 2.05) is 0 Å². The van der Waals surface area contributed by atoms with Gasteiger partial charge in [-0.2, -0.15) is 18.3 Å². The second-order valence-corrected chi connectivity index (χ2v) is 5.01. The summed E-state index contributed by atoms with van der Waals surface area (Å²) in [4.78, 5) is 10.7. The number of H-pyrrole nitrogens is 1. The van der Waals surface area contributed by atoms with Gasteiger partial charge in [-0.1, -0.05) is 11.3 Å². The molecule has 0 saturated heterocycles. The number of halogens is 3. The van der Waals surface area contributed by atoms with E-state index in [-0.39, 0.29) is 16.6 Å². The van der Waals surface area contributed by atoms with E-state index in [0.29, 0.717) is 22.6 Å². The van der Waals surface area contributed by atoms with E-state index in [1.54, 1.807) is 12.3 Å². The number of nitrogens with zero attached hydrogens (tertiary/aromatic N) is 4. The quantitative estimate of drug-likeness (QED) is 0.758. The van der Waals surface area contributed by atoms with Crippen LogP contribution in [-0.2, 0) is 6.18 Å². The van der Waals surface area contributed by atoms with Gasteiger partial charge < -0.3 is 5.73 Å². The molecule has 0 aliphatic rings. The third kappa shape index (κ3) is 2.57. The lowest BCUT2D eigenvalue weighted by Gasteiger charge is -2.05. The van der Waals surface area contributed by atoms with Crippen molar-refractivity contribution >= 4 is 16.5 Å². The zero-order valence-corrected chi connectivity index (χ0v) is 11.0. The molecule has 108 valence electrons. The summed E-state index contributed by atoms with van der Waals surface area (Å²) >= 11 is 0.363. The molecule has 0 saturated carbocycles. The van der Waals surface area contributed by atoms with Gasteiger partial charge in [0.2, 0.25) is 0 Å². The van der Waals surface area contributed by atoms with Crippen LogP contribution < -0.4 is 5.73 Å². The minimum Gasteiger partial charge on any atom is -0.375 e. The van der Waals surface area contributed by atoms with Crippen molar-refractivity contribution < 1.29 is 13.2 Å². The minimum atomic E-state index is -4.56. The predicted molar refractivity (Wildman–Crippen MR) is 70.1 cm³/mol. The van der Waals surface area contributed by atoms with Crippen LogP contribution in [0.3, 0.4) is 0 Å². The van der Waals surface area contributed by atoms with Crippen molar-refractivity contribution in [3.05, 3.63) is 29.5 Å². The third-order valence-electron chi connectivity index (χ3n) is 2.56. The van der Waals surface area contributed by atoms with Gasteiger partial charge >= 0.3 is 6.18 Å². The van der Waals surface area contributed by atoms with E-state index in [2.05, 4.69) is 25.1 Å². The van der Waals surface area contributed by atoms with Crippen molar-refractivity contribution in [3.8, 4) is 22.8 Å². The van der Waals surface area contributed by atoms with Crippen molar-refractivity contribution in [3.63, 3.8) is 0 Å². The number of nitrogens with two attached hydrogens (primary N) is 1. The molecule has 0 bridgehead atoms. The third-order valence-corrected chi connectivity index (χ3v) is 3.49. The molecule has 10 heteroatoms. The van der Waals surface area contributed by atoms with E-state index in [9.17, 15) is 13.2 Å². The highest BCUT2D eigenvalue weighted by Gasteiger charge is 2.38. The monoisotopic (exact) mass is 312 g/mol. The number of hydrogen-bond acceptors (Lipinski definition) is 6. The molecule has 3 N–H and O–H groups in total. The van der Waals surface area contributed by atoms with Crippen LogP contribution in [0.25, 0.3) is 22.8 Å². The van der Waals surface area contributed by atoms with Crippen molar-refractivity contribution in [2.24, 2.45) is 0 Å². The average Bonchev–Trinajstić information content (AvgIpc) is 3.07. The molecule has 0 radical (unpaired) electrons. The van der Waals surface area contributed by atoms with Crippen LogP contribution in [0.15, 0.2) is 24.7 Å². The van der Waals surface area contributed by atoms with Gasteiger partial charge in [-0.25, -0.2) is 15.0 Å². The molecular formula is C11H7F3N6S. The highest BCUT2D eigenvalue weighted by Crippen LogP contribution is 2.40. The first-order valence-electron chi connectivity index (χ1n) is 5.61. The summed E-state index contributed by atoms with van der Waals surface area (Å²) in [6, 6.07) is 1.57. The zero-order chi connectivity index (χ0) is 15.0. The van der Waals surface area contributed by atoms with Crippen LogP contribution in [0.2, 0.25) is 0 Å². The largest absolute Gasteiger partial charge is 0.427 e. The maximum absolute atomic E-state index is 13.0. The highest BCUT2D eigenvalue weighted by molar-refractivity contribution is 7.15. The number of aromatic amines is 1. The van der Waals surface area contributed by atoms with E-state index >= 15 is 0 Å². The van der Waals surface area contributed by atoms with Gasteiger partial charge in [0, 0.05) is 18.0 Å². The summed E-state index contributed by atoms with van der Waals surface area (Å²) in [6.07, 6.45) is -0.113. The number of hydrogen-bond donors (Lipinski definition) is 2. The number of nitrogens with one attached hydrogen (secondary N) is 1. The Kier molecular flexibility index (Phi) is 3.09.